The summed E-state index contributed by atoms with van der Waals surface area (Å²) in [7, 11) is 6.56. The van der Waals surface area contributed by atoms with Crippen molar-refractivity contribution in [2.24, 2.45) is 44.1 Å². The third-order valence-corrected chi connectivity index (χ3v) is 19.3. The Bertz CT molecular complexity index is 2430. The molecule has 1 fully saturated rings. The molecule has 1 aromatic heterocycles. The van der Waals surface area contributed by atoms with Crippen molar-refractivity contribution >= 4 is 69.3 Å². The molecular weight excluding hydrogens is 1240 g/mol. The number of carbonyl (C=O) groups excluding carboxylic acids is 7. The van der Waals surface area contributed by atoms with Gasteiger partial charge in [0, 0.05) is 44.8 Å². The molecule has 1 saturated heterocycles. The van der Waals surface area contributed by atoms with E-state index in [1.165, 1.54) is 35.4 Å². The van der Waals surface area contributed by atoms with Gasteiger partial charge < -0.3 is 73.2 Å². The van der Waals surface area contributed by atoms with Crippen molar-refractivity contribution in [3.63, 3.8) is 0 Å². The quantitative estimate of drug-likeness (QED) is 0.0237. The van der Waals surface area contributed by atoms with Crippen molar-refractivity contribution in [3.05, 3.63) is 24.4 Å². The molecule has 0 aromatic carbocycles. The van der Waals surface area contributed by atoms with Crippen molar-refractivity contribution in [2.75, 3.05) is 112 Å². The van der Waals surface area contributed by atoms with Gasteiger partial charge in [0.15, 0.2) is 6.29 Å². The van der Waals surface area contributed by atoms with Crippen LogP contribution in [0.15, 0.2) is 29.4 Å². The number of nitrogens with two attached hydrogens (primary N) is 1. The zero-order chi connectivity index (χ0) is 69.9. The minimum atomic E-state index is -1.71. The lowest BCUT2D eigenvalue weighted by molar-refractivity contribution is -0.255. The number of hydrogen-bond acceptors (Lipinski definition) is 24. The van der Waals surface area contributed by atoms with E-state index in [1.807, 2.05) is 71.8 Å². The van der Waals surface area contributed by atoms with Crippen LogP contribution in [0.25, 0.3) is 0 Å². The number of hydrogen-bond donors (Lipinski definition) is 3. The van der Waals surface area contributed by atoms with Gasteiger partial charge in [-0.15, -0.1) is 0 Å². The number of carboxylic acid groups (broad SMARTS) is 1. The molecular formula is C67H114N4O20S2. The molecule has 10 atom stereocenters. The predicted molar refractivity (Wildman–Crippen MR) is 353 cm³/mol. The molecule has 1 aromatic rings. The van der Waals surface area contributed by atoms with Gasteiger partial charge in [0.2, 0.25) is 5.91 Å². The number of nitrogens with zero attached hydrogens (tertiary/aromatic N) is 2. The highest BCUT2D eigenvalue weighted by Gasteiger charge is 2.56. The lowest BCUT2D eigenvalue weighted by Gasteiger charge is -2.44. The molecule has 5 unspecified atom stereocenters. The second kappa shape index (κ2) is 42.8. The van der Waals surface area contributed by atoms with E-state index in [4.69, 9.17) is 57.8 Å². The molecule has 0 spiro atoms. The van der Waals surface area contributed by atoms with Gasteiger partial charge in [0.25, 0.3) is 0 Å². The maximum Gasteiger partial charge on any atom is 0.311 e. The zero-order valence-corrected chi connectivity index (χ0v) is 60.1. The van der Waals surface area contributed by atoms with Gasteiger partial charge in [-0.25, -0.2) is 4.98 Å². The van der Waals surface area contributed by atoms with Gasteiger partial charge >= 0.3 is 41.8 Å². The fourth-order valence-electron chi connectivity index (χ4n) is 11.6. The van der Waals surface area contributed by atoms with E-state index >= 15 is 0 Å². The van der Waals surface area contributed by atoms with Crippen molar-refractivity contribution in [1.29, 1.82) is 0 Å². The third kappa shape index (κ3) is 29.3. The number of aliphatic carboxylic acids is 1. The molecule has 4 N–H and O–H groups in total. The minimum Gasteiger partial charge on any atom is -0.481 e. The van der Waals surface area contributed by atoms with Crippen molar-refractivity contribution in [1.82, 2.24) is 15.2 Å². The van der Waals surface area contributed by atoms with Crippen LogP contribution in [0.3, 0.4) is 0 Å². The Morgan fingerprint density at radius 2 is 1.19 bits per heavy atom. The first-order valence-corrected chi connectivity index (χ1v) is 35.3. The molecule has 1 aliphatic heterocycles. The molecule has 0 saturated carbocycles. The number of ether oxygens (including phenoxy) is 11. The van der Waals surface area contributed by atoms with Crippen LogP contribution < -0.4 is 11.1 Å². The normalized spacial score (nSPS) is 19.9. The van der Waals surface area contributed by atoms with E-state index in [0.717, 1.165) is 5.03 Å². The highest BCUT2D eigenvalue weighted by Crippen LogP contribution is 2.53. The van der Waals surface area contributed by atoms with Gasteiger partial charge in [-0.05, 0) is 149 Å². The maximum absolute atomic E-state index is 14.9. The summed E-state index contributed by atoms with van der Waals surface area (Å²) in [6, 6.07) is 4.84. The summed E-state index contributed by atoms with van der Waals surface area (Å²) in [6.45, 7) is 23.7. The van der Waals surface area contributed by atoms with Gasteiger partial charge in [0.1, 0.15) is 43.6 Å². The average Bonchev–Trinajstić information content (AvgIpc) is 0.777. The van der Waals surface area contributed by atoms with Crippen LogP contribution in [-0.4, -0.2) is 199 Å². The van der Waals surface area contributed by atoms with Crippen LogP contribution in [0.4, 0.5) is 0 Å². The molecule has 1 amide bonds. The van der Waals surface area contributed by atoms with Crippen LogP contribution in [0.5, 0.6) is 0 Å². The van der Waals surface area contributed by atoms with Gasteiger partial charge in [0.05, 0.1) is 91.4 Å². The molecule has 0 aliphatic carbocycles. The molecule has 2 rings (SSSR count). The number of aromatic nitrogens is 1. The summed E-state index contributed by atoms with van der Waals surface area (Å²) in [5.41, 5.74) is -3.14. The first-order chi connectivity index (χ1) is 43.9. The number of likely N-dealkylation sites (N-methyl/N-ethyl adjacent to an activating group) is 1. The SMILES string of the molecule is CCCCOC(=O)C(C)(CC(C)(CCC(C)(CCC(C)(CC)C(=O)OCCOCCOCCO[C@@H]1O[C@H](CC)[C@H](C)[C@H](OC(C)=O)[C@H]1NC(C)=O)C(=O)OCCOCCN)C(=O)OCCN(C)C)CC(CCC)(CC(C)(C)C(=O)OCCSSc1ccccn1)C(=O)O. The summed E-state index contributed by atoms with van der Waals surface area (Å²) in [4.78, 5) is 117. The van der Waals surface area contributed by atoms with Crippen molar-refractivity contribution in [2.45, 2.75) is 203 Å². The van der Waals surface area contributed by atoms with Crippen LogP contribution in [-0.2, 0) is 90.5 Å². The predicted octanol–water partition coefficient (Wildman–Crippen LogP) is 9.20. The summed E-state index contributed by atoms with van der Waals surface area (Å²) in [6.07, 6.45) is 1.87. The molecule has 534 valence electrons. The number of rotatable bonds is 50. The number of amides is 1. The Morgan fingerprint density at radius 3 is 1.74 bits per heavy atom. The van der Waals surface area contributed by atoms with Crippen LogP contribution in [0.1, 0.15) is 173 Å². The Morgan fingerprint density at radius 1 is 0.645 bits per heavy atom. The summed E-state index contributed by atoms with van der Waals surface area (Å²) < 4.78 is 64.2. The molecule has 0 bridgehead atoms. The van der Waals surface area contributed by atoms with Crippen LogP contribution in [0.2, 0.25) is 0 Å². The van der Waals surface area contributed by atoms with Crippen LogP contribution in [0, 0.1) is 38.4 Å². The van der Waals surface area contributed by atoms with E-state index in [-0.39, 0.29) is 155 Å². The third-order valence-electron chi connectivity index (χ3n) is 17.1. The summed E-state index contributed by atoms with van der Waals surface area (Å²) in [5, 5.41) is 15.0. The topological polar surface area (TPSA) is 312 Å². The van der Waals surface area contributed by atoms with Crippen molar-refractivity contribution < 1.29 is 95.6 Å². The van der Waals surface area contributed by atoms with Crippen LogP contribution >= 0.6 is 21.6 Å². The van der Waals surface area contributed by atoms with E-state index in [2.05, 4.69) is 10.3 Å². The second-order valence-corrected chi connectivity index (χ2v) is 28.8. The number of carbonyl (C=O) groups is 8. The highest BCUT2D eigenvalue weighted by atomic mass is 33.1. The summed E-state index contributed by atoms with van der Waals surface area (Å²) >= 11 is 0. The van der Waals surface area contributed by atoms with Gasteiger partial charge in [-0.3, -0.25) is 38.4 Å². The smallest absolute Gasteiger partial charge is 0.311 e. The number of nitrogens with one attached hydrogen (secondary N) is 1. The lowest BCUT2D eigenvalue weighted by atomic mass is 9.59. The monoisotopic (exact) mass is 1360 g/mol. The van der Waals surface area contributed by atoms with Crippen molar-refractivity contribution in [3.8, 4) is 0 Å². The summed E-state index contributed by atoms with van der Waals surface area (Å²) in [5.74, 6) is -4.90. The zero-order valence-electron chi connectivity index (χ0n) is 58.5. The Labute approximate surface area is 561 Å². The molecule has 24 nitrogen and oxygen atoms in total. The Kier molecular flexibility index (Phi) is 38.8. The molecule has 26 heteroatoms. The fourth-order valence-corrected chi connectivity index (χ4v) is 13.3. The molecule has 0 radical (unpaired) electrons. The number of unbranched alkanes of at least 4 members (excludes halogenated alkanes) is 1. The molecule has 1 aliphatic rings. The Balaban J connectivity index is 2.40. The number of carboxylic acids is 1. The second-order valence-electron chi connectivity index (χ2n) is 26.4. The largest absolute Gasteiger partial charge is 0.481 e. The standard InChI is InChI=1S/C67H114N4O20S2/c1-16-20-32-85-61(80)66(13,47-67(24-17-2,56(74)75)45-62(8,9)57(76)89-43-44-92-93-52-23-21-22-30-69-52)46-65(12,60(79)86-34-31-71(14)15)28-27-64(11,59(78)88-41-38-81-33-29-68)26-25-63(10,19-4)58(77)87-42-39-83-36-35-82-37-40-84-55-53(70-49(6)72)54(90-50(7)73)48(5)51(18-3)91-55/h21-23,30,48,51,53-55H,16-20,24-29,31-47,68H2,1-15H3,(H,70,72)(H,74,75)/t48-,51+,53+,54-,55+,63?,64?,65?,66?,67?/m0/s1. The molecule has 2 heterocycles. The van der Waals surface area contributed by atoms with Gasteiger partial charge in [-0.2, -0.15) is 0 Å². The van der Waals surface area contributed by atoms with E-state index in [1.54, 1.807) is 47.7 Å². The van der Waals surface area contributed by atoms with E-state index in [0.29, 0.717) is 44.4 Å². The number of esters is 6. The fraction of sp³-hybridized carbons (Fsp3) is 0.806. The first-order valence-electron chi connectivity index (χ1n) is 33.0. The van der Waals surface area contributed by atoms with Gasteiger partial charge in [-0.1, -0.05) is 64.3 Å². The minimum absolute atomic E-state index is 0.00965. The Hall–Kier alpha value is -4.67. The molecule has 93 heavy (non-hydrogen) atoms. The van der Waals surface area contributed by atoms with E-state index in [9.17, 15) is 43.5 Å². The number of pyridine rings is 1. The lowest BCUT2D eigenvalue weighted by Crippen LogP contribution is -2.62. The van der Waals surface area contributed by atoms with E-state index < -0.39 is 92.7 Å². The average molecular weight is 1360 g/mol. The maximum atomic E-state index is 14.9. The first kappa shape index (κ1) is 84.4. The highest BCUT2D eigenvalue weighted by molar-refractivity contribution is 8.76.